The molecule has 8 heteroatoms. The maximum Gasteiger partial charge on any atom is 0.405 e. The first-order valence-corrected chi connectivity index (χ1v) is 4.75. The van der Waals surface area contributed by atoms with Gasteiger partial charge in [-0.3, -0.25) is 0 Å². The fourth-order valence-electron chi connectivity index (χ4n) is 1.15. The van der Waals surface area contributed by atoms with Gasteiger partial charge in [0.05, 0.1) is 10.6 Å². The number of pyridine rings is 1. The summed E-state index contributed by atoms with van der Waals surface area (Å²) >= 11 is 5.54. The van der Waals surface area contributed by atoms with Gasteiger partial charge in [-0.25, -0.2) is 9.78 Å². The van der Waals surface area contributed by atoms with E-state index in [-0.39, 0.29) is 16.4 Å². The lowest BCUT2D eigenvalue weighted by atomic mass is 10.2. The van der Waals surface area contributed by atoms with E-state index in [1.165, 1.54) is 0 Å². The summed E-state index contributed by atoms with van der Waals surface area (Å²) < 4.78 is 36.4. The largest absolute Gasteiger partial charge is 0.478 e. The first-order valence-electron chi connectivity index (χ1n) is 4.37. The van der Waals surface area contributed by atoms with Crippen molar-refractivity contribution in [1.82, 2.24) is 4.98 Å². The summed E-state index contributed by atoms with van der Waals surface area (Å²) in [6.45, 7) is -1.22. The van der Waals surface area contributed by atoms with E-state index in [9.17, 15) is 18.0 Å². The van der Waals surface area contributed by atoms with Crippen LogP contribution >= 0.6 is 11.6 Å². The molecule has 0 bridgehead atoms. The van der Waals surface area contributed by atoms with Gasteiger partial charge in [-0.1, -0.05) is 11.6 Å². The lowest BCUT2D eigenvalue weighted by molar-refractivity contribution is -0.119. The Bertz CT molecular complexity index is 437. The minimum Gasteiger partial charge on any atom is -0.478 e. The zero-order valence-corrected chi connectivity index (χ0v) is 9.38. The van der Waals surface area contributed by atoms with Crippen LogP contribution in [0.15, 0.2) is 12.3 Å². The van der Waals surface area contributed by atoms with Crippen molar-refractivity contribution >= 4 is 23.4 Å². The van der Waals surface area contributed by atoms with Gasteiger partial charge in [0.2, 0.25) is 0 Å². The number of carbonyl (C=O) groups is 1. The van der Waals surface area contributed by atoms with Crippen molar-refractivity contribution in [2.75, 3.05) is 18.5 Å². The van der Waals surface area contributed by atoms with Crippen molar-refractivity contribution in [2.24, 2.45) is 0 Å². The van der Waals surface area contributed by atoms with E-state index >= 15 is 0 Å². The van der Waals surface area contributed by atoms with Gasteiger partial charge < -0.3 is 10.0 Å². The summed E-state index contributed by atoms with van der Waals surface area (Å²) in [5.41, 5.74) is -0.286. The molecule has 0 aromatic carbocycles. The number of anilines is 1. The first kappa shape index (κ1) is 13.6. The molecule has 94 valence electrons. The topological polar surface area (TPSA) is 53.4 Å². The Kier molecular flexibility index (Phi) is 3.82. The average Bonchev–Trinajstić information content (AvgIpc) is 2.14. The van der Waals surface area contributed by atoms with Gasteiger partial charge in [0.15, 0.2) is 0 Å². The van der Waals surface area contributed by atoms with Gasteiger partial charge in [-0.15, -0.1) is 0 Å². The van der Waals surface area contributed by atoms with Crippen molar-refractivity contribution in [2.45, 2.75) is 6.18 Å². The second-order valence-corrected chi connectivity index (χ2v) is 3.71. The Hall–Kier alpha value is -1.50. The van der Waals surface area contributed by atoms with Crippen LogP contribution in [0.3, 0.4) is 0 Å². The normalized spacial score (nSPS) is 11.4. The zero-order chi connectivity index (χ0) is 13.2. The van der Waals surface area contributed by atoms with Gasteiger partial charge in [-0.2, -0.15) is 13.2 Å². The summed E-state index contributed by atoms with van der Waals surface area (Å²) in [4.78, 5) is 15.2. The van der Waals surface area contributed by atoms with Crippen molar-refractivity contribution in [3.05, 3.63) is 22.8 Å². The van der Waals surface area contributed by atoms with Crippen LogP contribution in [0.4, 0.5) is 19.0 Å². The molecular formula is C9H8ClF3N2O2. The highest BCUT2D eigenvalue weighted by Crippen LogP contribution is 2.23. The van der Waals surface area contributed by atoms with E-state index in [0.717, 1.165) is 24.2 Å². The SMILES string of the molecule is CN(CC(F)(F)F)c1cc(C(=O)O)c(Cl)cn1. The molecule has 0 aliphatic carbocycles. The van der Waals surface area contributed by atoms with Crippen LogP contribution in [0, 0.1) is 0 Å². The van der Waals surface area contributed by atoms with E-state index < -0.39 is 18.7 Å². The highest BCUT2D eigenvalue weighted by atomic mass is 35.5. The van der Waals surface area contributed by atoms with E-state index in [2.05, 4.69) is 4.98 Å². The highest BCUT2D eigenvalue weighted by molar-refractivity contribution is 6.33. The Morgan fingerprint density at radius 2 is 2.18 bits per heavy atom. The zero-order valence-electron chi connectivity index (χ0n) is 8.62. The smallest absolute Gasteiger partial charge is 0.405 e. The lowest BCUT2D eigenvalue weighted by Crippen LogP contribution is -2.31. The van der Waals surface area contributed by atoms with Crippen molar-refractivity contribution in [3.8, 4) is 0 Å². The minimum atomic E-state index is -4.39. The molecule has 1 aromatic rings. The molecule has 1 aromatic heterocycles. The van der Waals surface area contributed by atoms with Crippen LogP contribution in [0.2, 0.25) is 5.02 Å². The fraction of sp³-hybridized carbons (Fsp3) is 0.333. The van der Waals surface area contributed by atoms with Crippen LogP contribution in [0.5, 0.6) is 0 Å². The molecular weight excluding hydrogens is 261 g/mol. The summed E-state index contributed by atoms with van der Waals surface area (Å²) in [7, 11) is 1.16. The quantitative estimate of drug-likeness (QED) is 0.915. The minimum absolute atomic E-state index is 0.107. The number of halogens is 4. The van der Waals surface area contributed by atoms with Gasteiger partial charge in [0.25, 0.3) is 0 Å². The van der Waals surface area contributed by atoms with Crippen molar-refractivity contribution in [3.63, 3.8) is 0 Å². The Labute approximate surface area is 99.6 Å². The molecule has 0 aliphatic heterocycles. The molecule has 17 heavy (non-hydrogen) atoms. The molecule has 0 spiro atoms. The predicted octanol–water partition coefficient (Wildman–Crippen LogP) is 2.43. The van der Waals surface area contributed by atoms with Crippen molar-refractivity contribution < 1.29 is 23.1 Å². The molecule has 1 rings (SSSR count). The third-order valence-corrected chi connectivity index (χ3v) is 2.18. The van der Waals surface area contributed by atoms with E-state index in [1.807, 2.05) is 0 Å². The fourth-order valence-corrected chi connectivity index (χ4v) is 1.33. The van der Waals surface area contributed by atoms with Gasteiger partial charge in [0, 0.05) is 13.2 Å². The third kappa shape index (κ3) is 3.77. The molecule has 1 heterocycles. The summed E-state index contributed by atoms with van der Waals surface area (Å²) in [5.74, 6) is -1.43. The van der Waals surface area contributed by atoms with E-state index in [4.69, 9.17) is 16.7 Å². The number of aromatic carboxylic acids is 1. The molecule has 0 saturated heterocycles. The van der Waals surface area contributed by atoms with Crippen LogP contribution < -0.4 is 4.90 Å². The maximum absolute atomic E-state index is 12.1. The number of rotatable bonds is 3. The molecule has 0 saturated carbocycles. The second-order valence-electron chi connectivity index (χ2n) is 3.30. The number of nitrogens with zero attached hydrogens (tertiary/aromatic N) is 2. The summed E-state index contributed by atoms with van der Waals surface area (Å²) in [5, 5.41) is 8.63. The van der Waals surface area contributed by atoms with E-state index in [1.54, 1.807) is 0 Å². The van der Waals surface area contributed by atoms with Crippen LogP contribution in [0.25, 0.3) is 0 Å². The van der Waals surface area contributed by atoms with Crippen molar-refractivity contribution in [1.29, 1.82) is 0 Å². The Morgan fingerprint density at radius 1 is 1.59 bits per heavy atom. The number of hydrogen-bond donors (Lipinski definition) is 1. The molecule has 0 atom stereocenters. The van der Waals surface area contributed by atoms with Crippen LogP contribution in [0.1, 0.15) is 10.4 Å². The summed E-state index contributed by atoms with van der Waals surface area (Å²) in [6, 6.07) is 0.996. The molecule has 0 unspecified atom stereocenters. The highest BCUT2D eigenvalue weighted by Gasteiger charge is 2.30. The van der Waals surface area contributed by atoms with Gasteiger partial charge in [0.1, 0.15) is 12.4 Å². The standard InChI is InChI=1S/C9H8ClF3N2O2/c1-15(4-9(11,12)13)7-2-5(8(16)17)6(10)3-14-7/h2-3H,4H2,1H3,(H,16,17). The third-order valence-electron chi connectivity index (χ3n) is 1.88. The number of carboxylic acids is 1. The van der Waals surface area contributed by atoms with Crippen LogP contribution in [-0.2, 0) is 0 Å². The second kappa shape index (κ2) is 4.79. The Balaban J connectivity index is 3.00. The Morgan fingerprint density at radius 3 is 2.65 bits per heavy atom. The lowest BCUT2D eigenvalue weighted by Gasteiger charge is -2.20. The maximum atomic E-state index is 12.1. The number of alkyl halides is 3. The monoisotopic (exact) mass is 268 g/mol. The molecule has 0 aliphatic rings. The first-order chi connectivity index (χ1) is 7.70. The number of carboxylic acid groups (broad SMARTS) is 1. The molecule has 0 fully saturated rings. The number of hydrogen-bond acceptors (Lipinski definition) is 3. The predicted molar refractivity (Wildman–Crippen MR) is 55.5 cm³/mol. The average molecular weight is 269 g/mol. The molecule has 1 N–H and O–H groups in total. The molecule has 0 radical (unpaired) electrons. The van der Waals surface area contributed by atoms with E-state index in [0.29, 0.717) is 0 Å². The molecule has 0 amide bonds. The van der Waals surface area contributed by atoms with Crippen LogP contribution in [-0.4, -0.2) is 35.8 Å². The summed E-state index contributed by atoms with van der Waals surface area (Å²) in [6.07, 6.45) is -3.38. The number of aromatic nitrogens is 1. The van der Waals surface area contributed by atoms with Gasteiger partial charge in [-0.05, 0) is 6.07 Å². The van der Waals surface area contributed by atoms with Gasteiger partial charge >= 0.3 is 12.1 Å². The molecule has 4 nitrogen and oxygen atoms in total.